The zero-order chi connectivity index (χ0) is 22.7. The summed E-state index contributed by atoms with van der Waals surface area (Å²) in [5.41, 5.74) is 1.23. The average Bonchev–Trinajstić information content (AvgIpc) is 3.36. The molecule has 1 aromatic heterocycles. The zero-order valence-corrected chi connectivity index (χ0v) is 20.1. The smallest absolute Gasteiger partial charge is 0.316 e. The van der Waals surface area contributed by atoms with Gasteiger partial charge in [0.2, 0.25) is 5.75 Å². The Balaban J connectivity index is 1.62. The summed E-state index contributed by atoms with van der Waals surface area (Å²) in [4.78, 5) is 15.7. The third-order valence-corrected chi connectivity index (χ3v) is 8.20. The van der Waals surface area contributed by atoms with Gasteiger partial charge in [0.25, 0.3) is 0 Å². The highest BCUT2D eigenvalue weighted by Gasteiger charge is 2.31. The van der Waals surface area contributed by atoms with Gasteiger partial charge >= 0.3 is 5.56 Å². The molecule has 2 fully saturated rings. The second-order valence-corrected chi connectivity index (χ2v) is 11.0. The number of anilines is 1. The molecule has 2 aromatic rings. The van der Waals surface area contributed by atoms with Gasteiger partial charge < -0.3 is 14.2 Å². The maximum atomic E-state index is 13.5. The first-order valence-electron chi connectivity index (χ1n) is 11.7. The van der Waals surface area contributed by atoms with E-state index in [1.165, 1.54) is 17.5 Å². The van der Waals surface area contributed by atoms with Gasteiger partial charge in [-0.1, -0.05) is 31.0 Å². The molecule has 1 aliphatic carbocycles. The fourth-order valence-corrected chi connectivity index (χ4v) is 5.75. The van der Waals surface area contributed by atoms with Crippen LogP contribution in [0.1, 0.15) is 46.5 Å². The molecule has 1 saturated heterocycles. The fraction of sp³-hybridized carbons (Fsp3) is 0.583. The summed E-state index contributed by atoms with van der Waals surface area (Å²) in [5, 5.41) is 4.58. The highest BCUT2D eigenvalue weighted by molar-refractivity contribution is 7.89. The topological polar surface area (TPSA) is 73.7 Å². The number of rotatable bonds is 7. The van der Waals surface area contributed by atoms with Crippen molar-refractivity contribution in [1.82, 2.24) is 14.1 Å². The van der Waals surface area contributed by atoms with Crippen LogP contribution >= 0.6 is 0 Å². The number of hydrogen-bond donors (Lipinski definition) is 0. The fourth-order valence-electron chi connectivity index (χ4n) is 4.63. The van der Waals surface area contributed by atoms with E-state index in [0.717, 1.165) is 24.2 Å². The van der Waals surface area contributed by atoms with Crippen molar-refractivity contribution in [3.05, 3.63) is 46.9 Å². The van der Waals surface area contributed by atoms with E-state index in [9.17, 15) is 9.35 Å². The van der Waals surface area contributed by atoms with E-state index in [1.807, 2.05) is 48.5 Å². The van der Waals surface area contributed by atoms with Gasteiger partial charge in [-0.2, -0.15) is 9.78 Å². The number of para-hydroxylation sites is 1. The summed E-state index contributed by atoms with van der Waals surface area (Å²) in [5.74, 6) is 0.854. The van der Waals surface area contributed by atoms with Crippen LogP contribution in [0, 0.1) is 5.92 Å². The Morgan fingerprint density at radius 3 is 2.34 bits per heavy atom. The molecule has 4 rings (SSSR count). The molecule has 2 atom stereocenters. The van der Waals surface area contributed by atoms with Crippen molar-refractivity contribution in [2.45, 2.75) is 57.8 Å². The van der Waals surface area contributed by atoms with Gasteiger partial charge in [-0.15, -0.1) is 4.31 Å². The SMILES string of the molecule is CC(Oc1c(N2CCN([S@+]([O-])C(C)C)CC2)cnn(-c2ccccc2)c1=O)C1CCCC1. The number of ether oxygens (including phenoxy) is 1. The Labute approximate surface area is 193 Å². The number of hydrogen-bond acceptors (Lipinski definition) is 6. The molecule has 7 nitrogen and oxygen atoms in total. The van der Waals surface area contributed by atoms with E-state index in [0.29, 0.717) is 37.8 Å². The van der Waals surface area contributed by atoms with Crippen molar-refractivity contribution in [3.8, 4) is 11.4 Å². The number of aromatic nitrogens is 2. The lowest BCUT2D eigenvalue weighted by molar-refractivity contribution is 0.151. The summed E-state index contributed by atoms with van der Waals surface area (Å²) in [6, 6.07) is 9.46. The molecule has 8 heteroatoms. The predicted molar refractivity (Wildman–Crippen MR) is 129 cm³/mol. The lowest BCUT2D eigenvalue weighted by atomic mass is 10.0. The standard InChI is InChI=1S/C24H34N4O3S/c1-18(2)32(30)27-15-13-26(14-16-27)22-17-25-28(21-11-5-4-6-12-21)24(29)23(22)31-19(3)20-9-7-8-10-20/h4-6,11-12,17-20H,7-10,13-16H2,1-3H3/t19?,32-/m1/s1. The van der Waals surface area contributed by atoms with E-state index in [2.05, 4.69) is 16.9 Å². The van der Waals surface area contributed by atoms with Crippen LogP contribution in [-0.2, 0) is 11.4 Å². The highest BCUT2D eigenvalue weighted by Crippen LogP contribution is 2.32. The first-order chi connectivity index (χ1) is 15.5. The first-order valence-corrected chi connectivity index (χ1v) is 12.9. The molecule has 0 spiro atoms. The van der Waals surface area contributed by atoms with Crippen LogP contribution in [0.2, 0.25) is 0 Å². The molecular formula is C24H34N4O3S. The summed E-state index contributed by atoms with van der Waals surface area (Å²) < 4.78 is 22.3. The molecule has 0 bridgehead atoms. The highest BCUT2D eigenvalue weighted by atomic mass is 32.2. The van der Waals surface area contributed by atoms with Gasteiger partial charge in [-0.25, -0.2) is 0 Å². The lowest BCUT2D eigenvalue weighted by Crippen LogP contribution is -2.50. The first kappa shape index (κ1) is 23.1. The average molecular weight is 459 g/mol. The Bertz CT molecular complexity index is 938. The maximum Gasteiger partial charge on any atom is 0.316 e. The van der Waals surface area contributed by atoms with Crippen LogP contribution in [0.25, 0.3) is 5.69 Å². The normalized spacial score (nSPS) is 20.0. The van der Waals surface area contributed by atoms with Crippen molar-refractivity contribution in [1.29, 1.82) is 0 Å². The minimum Gasteiger partial charge on any atom is -0.598 e. The summed E-state index contributed by atoms with van der Waals surface area (Å²) in [6.07, 6.45) is 6.48. The van der Waals surface area contributed by atoms with E-state index in [1.54, 1.807) is 6.20 Å². The maximum absolute atomic E-state index is 13.5. The van der Waals surface area contributed by atoms with E-state index in [4.69, 9.17) is 4.74 Å². The van der Waals surface area contributed by atoms with Crippen molar-refractivity contribution in [3.63, 3.8) is 0 Å². The predicted octanol–water partition coefficient (Wildman–Crippen LogP) is 3.38. The van der Waals surface area contributed by atoms with Crippen molar-refractivity contribution < 1.29 is 9.29 Å². The van der Waals surface area contributed by atoms with Gasteiger partial charge in [0.05, 0.1) is 31.1 Å². The number of nitrogens with zero attached hydrogens (tertiary/aromatic N) is 4. The van der Waals surface area contributed by atoms with Crippen LogP contribution in [0.4, 0.5) is 5.69 Å². The van der Waals surface area contributed by atoms with E-state index in [-0.39, 0.29) is 16.9 Å². The molecule has 1 aliphatic heterocycles. The molecule has 1 saturated carbocycles. The Morgan fingerprint density at radius 2 is 1.72 bits per heavy atom. The molecule has 0 amide bonds. The van der Waals surface area contributed by atoms with E-state index >= 15 is 0 Å². The molecule has 1 aromatic carbocycles. The van der Waals surface area contributed by atoms with Crippen LogP contribution in [0.15, 0.2) is 41.3 Å². The molecule has 0 N–H and O–H groups in total. The van der Waals surface area contributed by atoms with Crippen LogP contribution in [0.5, 0.6) is 5.75 Å². The summed E-state index contributed by atoms with van der Waals surface area (Å²) in [7, 11) is 0. The molecular weight excluding hydrogens is 424 g/mol. The second-order valence-electron chi connectivity index (χ2n) is 9.02. The van der Waals surface area contributed by atoms with Crippen LogP contribution in [-0.4, -0.2) is 56.2 Å². The van der Waals surface area contributed by atoms with Crippen molar-refractivity contribution >= 4 is 17.0 Å². The monoisotopic (exact) mass is 458 g/mol. The van der Waals surface area contributed by atoms with E-state index < -0.39 is 11.4 Å². The number of piperazine rings is 1. The molecule has 2 aliphatic rings. The van der Waals surface area contributed by atoms with Gasteiger partial charge in [0.15, 0.2) is 0 Å². The summed E-state index contributed by atoms with van der Waals surface area (Å²) in [6.45, 7) is 8.77. The quantitative estimate of drug-likeness (QED) is 0.592. The molecule has 32 heavy (non-hydrogen) atoms. The Morgan fingerprint density at radius 1 is 1.06 bits per heavy atom. The third-order valence-electron chi connectivity index (χ3n) is 6.52. The molecule has 2 heterocycles. The van der Waals surface area contributed by atoms with Gasteiger partial charge in [0, 0.05) is 24.5 Å². The Hall–Kier alpha value is -2.03. The molecule has 1 unspecified atom stereocenters. The van der Waals surface area contributed by atoms with Crippen LogP contribution in [0.3, 0.4) is 0 Å². The lowest BCUT2D eigenvalue weighted by Gasteiger charge is -2.37. The number of benzene rings is 1. The third kappa shape index (κ3) is 4.97. The molecule has 174 valence electrons. The van der Waals surface area contributed by atoms with Gasteiger partial charge in [-0.05, 0) is 51.7 Å². The minimum atomic E-state index is -0.985. The van der Waals surface area contributed by atoms with Crippen molar-refractivity contribution in [2.75, 3.05) is 31.1 Å². The zero-order valence-electron chi connectivity index (χ0n) is 19.3. The largest absolute Gasteiger partial charge is 0.598 e. The summed E-state index contributed by atoms with van der Waals surface area (Å²) >= 11 is -0.985. The second kappa shape index (κ2) is 10.3. The Kier molecular flexibility index (Phi) is 7.43. The minimum absolute atomic E-state index is 0.0229. The van der Waals surface area contributed by atoms with Gasteiger partial charge in [0.1, 0.15) is 10.9 Å². The van der Waals surface area contributed by atoms with Gasteiger partial charge in [-0.3, -0.25) is 4.79 Å². The molecule has 0 radical (unpaired) electrons. The van der Waals surface area contributed by atoms with Crippen LogP contribution < -0.4 is 15.2 Å². The van der Waals surface area contributed by atoms with Crippen molar-refractivity contribution in [2.24, 2.45) is 5.92 Å².